The van der Waals surface area contributed by atoms with Crippen molar-refractivity contribution in [3.05, 3.63) is 30.2 Å². The van der Waals surface area contributed by atoms with Crippen molar-refractivity contribution in [2.24, 2.45) is 0 Å². The fraction of sp³-hybridized carbons (Fsp3) is 0.250. The number of fused-ring (bicyclic) bond motifs is 1. The first-order valence-electron chi connectivity index (χ1n) is 5.25. The van der Waals surface area contributed by atoms with Gasteiger partial charge in [0.25, 0.3) is 0 Å². The van der Waals surface area contributed by atoms with Gasteiger partial charge in [0.15, 0.2) is 10.6 Å². The summed E-state index contributed by atoms with van der Waals surface area (Å²) in [7, 11) is 0. The molecule has 0 fully saturated rings. The quantitative estimate of drug-likeness (QED) is 0.826. The van der Waals surface area contributed by atoms with Gasteiger partial charge in [0.1, 0.15) is 10.9 Å². The van der Waals surface area contributed by atoms with Gasteiger partial charge in [-0.15, -0.1) is 0 Å². The van der Waals surface area contributed by atoms with Crippen molar-refractivity contribution < 1.29 is 19.4 Å². The standard InChI is InChI=1S/C12H11NO4S/c1-12(11(16)18,6-9(14)15)10-13-7-4-2-3-5-8(7)17-10/h2-5H,6H2,1H3,(H,14,15)(H,16,18). The number of aliphatic hydroxyl groups is 1. The summed E-state index contributed by atoms with van der Waals surface area (Å²) in [5.74, 6) is -0.977. The molecule has 0 spiro atoms. The van der Waals surface area contributed by atoms with E-state index in [1.54, 1.807) is 24.3 Å². The molecule has 2 N–H and O–H groups in total. The normalized spacial score (nSPS) is 14.3. The Morgan fingerprint density at radius 2 is 2.11 bits per heavy atom. The van der Waals surface area contributed by atoms with Crippen molar-refractivity contribution >= 4 is 34.3 Å². The van der Waals surface area contributed by atoms with Crippen LogP contribution in [0.15, 0.2) is 28.7 Å². The lowest BCUT2D eigenvalue weighted by Gasteiger charge is -2.20. The molecule has 0 saturated carbocycles. The van der Waals surface area contributed by atoms with Crippen LogP contribution in [-0.4, -0.2) is 26.2 Å². The van der Waals surface area contributed by atoms with Crippen LogP contribution in [0.4, 0.5) is 0 Å². The van der Waals surface area contributed by atoms with E-state index < -0.39 is 16.4 Å². The van der Waals surface area contributed by atoms with Crippen molar-refractivity contribution in [2.45, 2.75) is 18.8 Å². The Bertz CT molecular complexity index is 588. The average molecular weight is 265 g/mol. The van der Waals surface area contributed by atoms with Crippen LogP contribution in [-0.2, 0) is 10.2 Å². The fourth-order valence-electron chi connectivity index (χ4n) is 1.65. The number of aromatic nitrogens is 1. The molecule has 1 unspecified atom stereocenters. The molecule has 0 bridgehead atoms. The largest absolute Gasteiger partial charge is 0.501 e. The Kier molecular flexibility index (Phi) is 3.04. The third-order valence-corrected chi connectivity index (χ3v) is 3.19. The first-order chi connectivity index (χ1) is 8.43. The number of hydrogen-bond acceptors (Lipinski definition) is 4. The number of oxazole rings is 1. The van der Waals surface area contributed by atoms with Crippen molar-refractivity contribution in [3.63, 3.8) is 0 Å². The third kappa shape index (κ3) is 2.06. The molecule has 0 radical (unpaired) electrons. The molecule has 18 heavy (non-hydrogen) atoms. The van der Waals surface area contributed by atoms with E-state index in [-0.39, 0.29) is 12.3 Å². The van der Waals surface area contributed by atoms with Crippen molar-refractivity contribution in [3.8, 4) is 0 Å². The molecule has 1 aromatic heterocycles. The Balaban J connectivity index is 2.54. The second kappa shape index (κ2) is 4.38. The predicted octanol–water partition coefficient (Wildman–Crippen LogP) is 2.45. The van der Waals surface area contributed by atoms with E-state index >= 15 is 0 Å². The lowest BCUT2D eigenvalue weighted by Crippen LogP contribution is -2.34. The molecule has 6 heteroatoms. The summed E-state index contributed by atoms with van der Waals surface area (Å²) >= 11 is 4.73. The average Bonchev–Trinajstić information content (AvgIpc) is 2.71. The van der Waals surface area contributed by atoms with Crippen molar-refractivity contribution in [2.75, 3.05) is 0 Å². The number of carboxylic acids is 1. The molecule has 0 amide bonds. The Morgan fingerprint density at radius 3 is 2.67 bits per heavy atom. The molecule has 1 aromatic carbocycles. The highest BCUT2D eigenvalue weighted by Crippen LogP contribution is 2.31. The number of rotatable bonds is 4. The predicted molar refractivity (Wildman–Crippen MR) is 68.8 cm³/mol. The van der Waals surface area contributed by atoms with Crippen LogP contribution in [0.3, 0.4) is 0 Å². The van der Waals surface area contributed by atoms with E-state index in [1.807, 2.05) is 0 Å². The minimum Gasteiger partial charge on any atom is -0.501 e. The number of benzene rings is 1. The number of aliphatic carboxylic acids is 1. The maximum atomic E-state index is 10.9. The summed E-state index contributed by atoms with van der Waals surface area (Å²) in [5, 5.41) is 18.0. The molecule has 0 aliphatic carbocycles. The monoisotopic (exact) mass is 265 g/mol. The molecule has 0 aliphatic rings. The lowest BCUT2D eigenvalue weighted by molar-refractivity contribution is -0.138. The highest BCUT2D eigenvalue weighted by Gasteiger charge is 2.39. The van der Waals surface area contributed by atoms with Crippen LogP contribution in [0.5, 0.6) is 0 Å². The maximum Gasteiger partial charge on any atom is 0.304 e. The number of para-hydroxylation sites is 2. The Labute approximate surface area is 108 Å². The molecule has 5 nitrogen and oxygen atoms in total. The van der Waals surface area contributed by atoms with E-state index in [0.29, 0.717) is 11.1 Å². The molecule has 1 heterocycles. The molecule has 2 aromatic rings. The Hall–Kier alpha value is -1.95. The zero-order valence-corrected chi connectivity index (χ0v) is 10.4. The minimum absolute atomic E-state index is 0.110. The lowest BCUT2D eigenvalue weighted by atomic mass is 9.87. The van der Waals surface area contributed by atoms with Gasteiger partial charge in [-0.05, 0) is 31.3 Å². The second-order valence-electron chi connectivity index (χ2n) is 4.19. The van der Waals surface area contributed by atoms with Crippen LogP contribution in [0, 0.1) is 0 Å². The van der Waals surface area contributed by atoms with E-state index in [2.05, 4.69) is 4.98 Å². The number of carboxylic acid groups (broad SMARTS) is 1. The summed E-state index contributed by atoms with van der Waals surface area (Å²) in [5.41, 5.74) is -0.180. The van der Waals surface area contributed by atoms with Crippen LogP contribution >= 0.6 is 12.2 Å². The number of thiocarbonyl (C=S) groups is 1. The minimum atomic E-state index is -1.31. The summed E-state index contributed by atoms with van der Waals surface area (Å²) in [6, 6.07) is 7.03. The van der Waals surface area contributed by atoms with Gasteiger partial charge in [0.05, 0.1) is 6.42 Å². The van der Waals surface area contributed by atoms with E-state index in [0.717, 1.165) is 0 Å². The zero-order valence-electron chi connectivity index (χ0n) is 9.58. The van der Waals surface area contributed by atoms with Crippen LogP contribution in [0.1, 0.15) is 19.2 Å². The van der Waals surface area contributed by atoms with Gasteiger partial charge < -0.3 is 14.6 Å². The second-order valence-corrected chi connectivity index (χ2v) is 4.58. The summed E-state index contributed by atoms with van der Waals surface area (Å²) in [4.78, 5) is 15.0. The summed E-state index contributed by atoms with van der Waals surface area (Å²) in [6.07, 6.45) is -0.380. The smallest absolute Gasteiger partial charge is 0.304 e. The summed E-state index contributed by atoms with van der Waals surface area (Å²) in [6.45, 7) is 1.49. The molecule has 1 atom stereocenters. The van der Waals surface area contributed by atoms with Crippen molar-refractivity contribution in [1.82, 2.24) is 4.98 Å². The van der Waals surface area contributed by atoms with E-state index in [9.17, 15) is 9.90 Å². The molecule has 94 valence electrons. The number of carbonyl (C=O) groups is 1. The molecular formula is C12H11NO4S. The zero-order chi connectivity index (χ0) is 13.3. The highest BCUT2D eigenvalue weighted by molar-refractivity contribution is 7.80. The van der Waals surface area contributed by atoms with Gasteiger partial charge in [-0.1, -0.05) is 12.1 Å². The topological polar surface area (TPSA) is 83.6 Å². The van der Waals surface area contributed by atoms with Gasteiger partial charge in [-0.2, -0.15) is 0 Å². The van der Waals surface area contributed by atoms with Gasteiger partial charge in [0.2, 0.25) is 5.89 Å². The number of aliphatic hydroxyl groups excluding tert-OH is 1. The van der Waals surface area contributed by atoms with Gasteiger partial charge in [-0.3, -0.25) is 4.79 Å². The third-order valence-electron chi connectivity index (χ3n) is 2.74. The first kappa shape index (κ1) is 12.5. The van der Waals surface area contributed by atoms with Gasteiger partial charge in [-0.25, -0.2) is 4.98 Å². The van der Waals surface area contributed by atoms with E-state index in [4.69, 9.17) is 21.7 Å². The molecule has 0 saturated heterocycles. The van der Waals surface area contributed by atoms with Gasteiger partial charge in [0, 0.05) is 0 Å². The van der Waals surface area contributed by atoms with Crippen LogP contribution < -0.4 is 0 Å². The highest BCUT2D eigenvalue weighted by atomic mass is 32.1. The molecule has 2 rings (SSSR count). The van der Waals surface area contributed by atoms with E-state index in [1.165, 1.54) is 6.92 Å². The van der Waals surface area contributed by atoms with Crippen LogP contribution in [0.25, 0.3) is 11.1 Å². The maximum absolute atomic E-state index is 10.9. The molecule has 0 aliphatic heterocycles. The fourth-order valence-corrected chi connectivity index (χ4v) is 1.81. The van der Waals surface area contributed by atoms with Gasteiger partial charge >= 0.3 is 5.97 Å². The number of hydrogen-bond donors (Lipinski definition) is 2. The summed E-state index contributed by atoms with van der Waals surface area (Å²) < 4.78 is 5.47. The Morgan fingerprint density at radius 1 is 1.44 bits per heavy atom. The van der Waals surface area contributed by atoms with Crippen LogP contribution in [0.2, 0.25) is 0 Å². The number of nitrogens with zero attached hydrogens (tertiary/aromatic N) is 1. The SMILES string of the molecule is CC(CC(=O)O)(C(O)=S)c1nc2ccccc2o1. The first-order valence-corrected chi connectivity index (χ1v) is 5.65. The molecular weight excluding hydrogens is 254 g/mol. The van der Waals surface area contributed by atoms with Crippen molar-refractivity contribution in [1.29, 1.82) is 0 Å².